The van der Waals surface area contributed by atoms with Gasteiger partial charge in [-0.3, -0.25) is 14.5 Å². The largest absolute Gasteiger partial charge is 0.481 e. The van der Waals surface area contributed by atoms with Crippen LogP contribution in [-0.4, -0.2) is 83.2 Å². The molecule has 0 aromatic heterocycles. The minimum absolute atomic E-state index is 0.0375. The molecule has 4 N–H and O–H groups in total. The van der Waals surface area contributed by atoms with E-state index in [9.17, 15) is 24.5 Å². The SMILES string of the molecule is CC(C)C[C@H](NC(=O)[C@H](CCCN=C(N)N[N+](=O)[O-])CC(=O)[C@H]1CCCCN1C(=O)OC(C)(C)C)B1O[C@@H]2C[C@@H]3C[C@@H](C3(C)C)[C@]2(C)O1. The number of aliphatic imine (C=N–C) groups is 1. The molecule has 0 unspecified atom stereocenters. The van der Waals surface area contributed by atoms with Crippen LogP contribution in [-0.2, 0) is 23.6 Å². The van der Waals surface area contributed by atoms with Crippen molar-refractivity contribution in [3.8, 4) is 0 Å². The summed E-state index contributed by atoms with van der Waals surface area (Å²) in [6, 6.07) is -0.687. The lowest BCUT2D eigenvalue weighted by atomic mass is 9.43. The normalized spacial score (nSPS) is 29.4. The number of hydrazine groups is 1. The molecule has 0 spiro atoms. The summed E-state index contributed by atoms with van der Waals surface area (Å²) in [6.45, 7) is 16.8. The summed E-state index contributed by atoms with van der Waals surface area (Å²) in [6.07, 6.45) is 4.71. The monoisotopic (exact) mass is 676 g/mol. The van der Waals surface area contributed by atoms with Crippen molar-refractivity contribution in [2.45, 2.75) is 142 Å². The highest BCUT2D eigenvalue weighted by molar-refractivity contribution is 6.47. The number of nitro groups is 1. The molecule has 5 rings (SSSR count). The van der Waals surface area contributed by atoms with E-state index in [0.29, 0.717) is 37.6 Å². The summed E-state index contributed by atoms with van der Waals surface area (Å²) in [5.74, 6) is -0.799. The van der Waals surface area contributed by atoms with Crippen LogP contribution < -0.4 is 16.5 Å². The second-order valence-corrected chi connectivity index (χ2v) is 16.4. The van der Waals surface area contributed by atoms with Crippen LogP contribution in [0.5, 0.6) is 0 Å². The number of piperidine rings is 1. The number of nitrogens with two attached hydrogens (primary N) is 1. The van der Waals surface area contributed by atoms with Crippen LogP contribution in [0, 0.1) is 39.2 Å². The number of ether oxygens (including phenoxy) is 1. The van der Waals surface area contributed by atoms with E-state index in [4.69, 9.17) is 19.8 Å². The van der Waals surface area contributed by atoms with Crippen molar-refractivity contribution in [3.63, 3.8) is 0 Å². The molecule has 2 amide bonds. The lowest BCUT2D eigenvalue weighted by Gasteiger charge is -2.64. The van der Waals surface area contributed by atoms with Gasteiger partial charge in [0.25, 0.3) is 5.96 Å². The van der Waals surface area contributed by atoms with E-state index in [0.717, 1.165) is 25.7 Å². The Morgan fingerprint density at radius 3 is 2.52 bits per heavy atom. The molecular weight excluding hydrogens is 619 g/mol. The van der Waals surface area contributed by atoms with Crippen LogP contribution >= 0.6 is 0 Å². The first-order valence-corrected chi connectivity index (χ1v) is 17.7. The lowest BCUT2D eigenvalue weighted by molar-refractivity contribution is -0.525. The zero-order valence-electron chi connectivity index (χ0n) is 30.1. The minimum Gasteiger partial charge on any atom is -0.444 e. The van der Waals surface area contributed by atoms with Gasteiger partial charge >= 0.3 is 13.2 Å². The van der Waals surface area contributed by atoms with Gasteiger partial charge in [0.1, 0.15) is 5.60 Å². The topological polar surface area (TPSA) is 188 Å². The Bertz CT molecular complexity index is 1240. The zero-order valence-corrected chi connectivity index (χ0v) is 30.1. The van der Waals surface area contributed by atoms with Crippen molar-refractivity contribution in [2.75, 3.05) is 13.1 Å². The number of amides is 2. The Morgan fingerprint density at radius 2 is 1.90 bits per heavy atom. The molecule has 7 atom stereocenters. The van der Waals surface area contributed by atoms with Crippen molar-refractivity contribution in [2.24, 2.45) is 39.8 Å². The summed E-state index contributed by atoms with van der Waals surface area (Å²) in [5.41, 5.74) is 6.42. The molecule has 2 heterocycles. The van der Waals surface area contributed by atoms with Crippen molar-refractivity contribution >= 4 is 30.9 Å². The van der Waals surface area contributed by atoms with E-state index in [1.54, 1.807) is 20.8 Å². The smallest absolute Gasteiger partial charge is 0.444 e. The number of hydrogen-bond acceptors (Lipinski definition) is 9. The van der Waals surface area contributed by atoms with Crippen LogP contribution in [0.15, 0.2) is 4.99 Å². The average molecular weight is 677 g/mol. The van der Waals surface area contributed by atoms with Crippen molar-refractivity contribution in [3.05, 3.63) is 10.1 Å². The lowest BCUT2D eigenvalue weighted by Crippen LogP contribution is -2.65. The van der Waals surface area contributed by atoms with Crippen LogP contribution in [0.4, 0.5) is 4.79 Å². The summed E-state index contributed by atoms with van der Waals surface area (Å²) in [5, 5.41) is 13.1. The third-order valence-corrected chi connectivity index (χ3v) is 10.9. The molecule has 5 fully saturated rings. The number of likely N-dealkylation sites (tertiary alicyclic amines) is 1. The van der Waals surface area contributed by atoms with E-state index in [1.807, 2.05) is 5.43 Å². The second-order valence-electron chi connectivity index (χ2n) is 16.4. The molecule has 0 aromatic rings. The van der Waals surface area contributed by atoms with Gasteiger partial charge in [0.15, 0.2) is 10.8 Å². The molecule has 2 saturated heterocycles. The number of carbonyl (C=O) groups excluding carboxylic acids is 3. The van der Waals surface area contributed by atoms with Gasteiger partial charge in [0.2, 0.25) is 5.91 Å². The number of nitrogens with one attached hydrogen (secondary N) is 2. The Kier molecular flexibility index (Phi) is 11.8. The molecule has 14 nitrogen and oxygen atoms in total. The number of hydrogen-bond donors (Lipinski definition) is 3. The first-order chi connectivity index (χ1) is 22.3. The molecule has 15 heteroatoms. The average Bonchev–Trinajstić information content (AvgIpc) is 3.34. The van der Waals surface area contributed by atoms with Gasteiger partial charge in [-0.2, -0.15) is 0 Å². The molecule has 2 aliphatic heterocycles. The van der Waals surface area contributed by atoms with E-state index in [-0.39, 0.29) is 54.5 Å². The van der Waals surface area contributed by atoms with Crippen LogP contribution in [0.2, 0.25) is 0 Å². The van der Waals surface area contributed by atoms with E-state index in [2.05, 4.69) is 44.9 Å². The van der Waals surface area contributed by atoms with E-state index < -0.39 is 47.3 Å². The van der Waals surface area contributed by atoms with Gasteiger partial charge in [-0.15, -0.1) is 0 Å². The van der Waals surface area contributed by atoms with Gasteiger partial charge < -0.3 is 25.1 Å². The van der Waals surface area contributed by atoms with Gasteiger partial charge in [0.05, 0.1) is 23.7 Å². The maximum absolute atomic E-state index is 14.1. The van der Waals surface area contributed by atoms with Gasteiger partial charge in [-0.05, 0) is 102 Å². The molecule has 270 valence electrons. The molecule has 5 aliphatic rings. The first-order valence-electron chi connectivity index (χ1n) is 17.7. The fourth-order valence-electron chi connectivity index (χ4n) is 8.29. The quantitative estimate of drug-likeness (QED) is 0.0642. The Labute approximate surface area is 285 Å². The molecule has 48 heavy (non-hydrogen) atoms. The highest BCUT2D eigenvalue weighted by Crippen LogP contribution is 2.65. The van der Waals surface area contributed by atoms with Gasteiger partial charge in [0, 0.05) is 25.4 Å². The fraction of sp³-hybridized carbons (Fsp3) is 0.879. The molecular formula is C33H57BN6O8. The molecule has 0 aromatic carbocycles. The maximum Gasteiger partial charge on any atom is 0.481 e. The standard InChI is InChI=1S/C33H57BN6O8/c1-20(2)16-27(34-47-26-19-22-18-25(32(22,6)7)33(26,8)48-34)37-28(42)21(12-11-14-36-29(35)38-40(44)45)17-24(41)23-13-9-10-15-39(23)30(43)46-31(3,4)5/h20-23,25-27H,9-19H2,1-8H3,(H,37,42)(H3,35,36,38)/t21-,22+,23-,25+,26-,27+,33+/m1/s1. The molecule has 0 radical (unpaired) electrons. The zero-order chi connectivity index (χ0) is 35.6. The van der Waals surface area contributed by atoms with Crippen LogP contribution in [0.25, 0.3) is 0 Å². The predicted octanol–water partition coefficient (Wildman–Crippen LogP) is 4.03. The fourth-order valence-corrected chi connectivity index (χ4v) is 8.29. The maximum atomic E-state index is 14.1. The summed E-state index contributed by atoms with van der Waals surface area (Å²) < 4.78 is 18.9. The Hall–Kier alpha value is -2.94. The number of rotatable bonds is 13. The van der Waals surface area contributed by atoms with E-state index in [1.165, 1.54) is 4.90 Å². The second kappa shape index (κ2) is 14.9. The highest BCUT2D eigenvalue weighted by atomic mass is 16.7. The summed E-state index contributed by atoms with van der Waals surface area (Å²) in [4.78, 5) is 57.2. The highest BCUT2D eigenvalue weighted by Gasteiger charge is 2.68. The minimum atomic E-state index is -0.794. The van der Waals surface area contributed by atoms with Gasteiger partial charge in [-0.1, -0.05) is 33.1 Å². The van der Waals surface area contributed by atoms with Crippen molar-refractivity contribution in [1.82, 2.24) is 15.6 Å². The first kappa shape index (κ1) is 37.9. The van der Waals surface area contributed by atoms with Crippen LogP contribution in [0.3, 0.4) is 0 Å². The van der Waals surface area contributed by atoms with Crippen molar-refractivity contribution < 1.29 is 33.5 Å². The number of ketones is 1. The number of Topliss-reactive ketones (excluding diaryl/α,β-unsaturated/α-hetero) is 1. The van der Waals surface area contributed by atoms with Crippen molar-refractivity contribution in [1.29, 1.82) is 0 Å². The number of nitrogens with zero attached hydrogens (tertiary/aromatic N) is 3. The van der Waals surface area contributed by atoms with E-state index >= 15 is 0 Å². The predicted molar refractivity (Wildman–Crippen MR) is 181 cm³/mol. The molecule has 2 bridgehead atoms. The number of guanidine groups is 1. The molecule has 3 aliphatic carbocycles. The number of carbonyl (C=O) groups is 3. The summed E-state index contributed by atoms with van der Waals surface area (Å²) in [7, 11) is -0.614. The Morgan fingerprint density at radius 1 is 1.19 bits per heavy atom. The van der Waals surface area contributed by atoms with Gasteiger partial charge in [-0.25, -0.2) is 19.9 Å². The Balaban J connectivity index is 1.50. The third kappa shape index (κ3) is 8.80. The molecule has 3 saturated carbocycles. The summed E-state index contributed by atoms with van der Waals surface area (Å²) >= 11 is 0. The third-order valence-electron chi connectivity index (χ3n) is 10.9. The van der Waals surface area contributed by atoms with Crippen LogP contribution in [0.1, 0.15) is 113 Å².